The average Bonchev–Trinajstić information content (AvgIpc) is 2.49. The number of hydrogen-bond acceptors (Lipinski definition) is 0. The quantitative estimate of drug-likeness (QED) is 0.601. The highest BCUT2D eigenvalue weighted by Crippen LogP contribution is 2.28. The van der Waals surface area contributed by atoms with Crippen molar-refractivity contribution in [2.45, 2.75) is 86.5 Å². The fourth-order valence-corrected chi connectivity index (χ4v) is 2.68. The van der Waals surface area contributed by atoms with E-state index in [0.717, 1.165) is 0 Å². The normalized spacial score (nSPS) is 12.5. The van der Waals surface area contributed by atoms with Crippen LogP contribution in [0.5, 0.6) is 0 Å². The van der Waals surface area contributed by atoms with Crippen molar-refractivity contribution >= 4 is 0 Å². The first-order chi connectivity index (χ1) is 9.28. The number of aryl methyl sites for hydroxylation is 2. The van der Waals surface area contributed by atoms with E-state index in [1.54, 1.807) is 22.3 Å². The summed E-state index contributed by atoms with van der Waals surface area (Å²) in [6.07, 6.45) is 9.09. The Morgan fingerprint density at radius 2 is 1.05 bits per heavy atom. The van der Waals surface area contributed by atoms with Gasteiger partial charge in [-0.15, -0.1) is 0 Å². The van der Waals surface area contributed by atoms with E-state index < -0.39 is 0 Å². The Morgan fingerprint density at radius 1 is 0.737 bits per heavy atom. The molecule has 0 atom stereocenters. The number of fused-ring (bicyclic) bond motifs is 1. The standard InChI is InChI=1S/C14H20.C3H8.C2H6/c1-3-11-9-10-12(4-2)14-8-6-5-7-13(11)14;1-3-2;1-2/h9-10H,3-8H2,1-2H3;3H2,1-2H3;1-2H3. The molecule has 2 rings (SSSR count). The minimum absolute atomic E-state index is 1.20. The van der Waals surface area contributed by atoms with Gasteiger partial charge in [0, 0.05) is 0 Å². The van der Waals surface area contributed by atoms with E-state index in [0.29, 0.717) is 0 Å². The monoisotopic (exact) mass is 262 g/mol. The minimum atomic E-state index is 1.20. The van der Waals surface area contributed by atoms with Gasteiger partial charge >= 0.3 is 0 Å². The molecule has 19 heavy (non-hydrogen) atoms. The van der Waals surface area contributed by atoms with E-state index in [-0.39, 0.29) is 0 Å². The lowest BCUT2D eigenvalue weighted by Crippen LogP contribution is -2.09. The van der Waals surface area contributed by atoms with Crippen LogP contribution in [0.4, 0.5) is 0 Å². The van der Waals surface area contributed by atoms with Gasteiger partial charge in [0.15, 0.2) is 0 Å². The molecule has 0 saturated carbocycles. The number of benzene rings is 1. The molecule has 0 N–H and O–H groups in total. The maximum Gasteiger partial charge on any atom is -0.0273 e. The van der Waals surface area contributed by atoms with Gasteiger partial charge in [-0.3, -0.25) is 0 Å². The largest absolute Gasteiger partial charge is 0.0683 e. The zero-order valence-corrected chi connectivity index (χ0v) is 14.1. The smallest absolute Gasteiger partial charge is 0.0273 e. The van der Waals surface area contributed by atoms with E-state index in [9.17, 15) is 0 Å². The van der Waals surface area contributed by atoms with Crippen LogP contribution in [0, 0.1) is 0 Å². The molecular weight excluding hydrogens is 228 g/mol. The molecule has 1 aliphatic rings. The van der Waals surface area contributed by atoms with Gasteiger partial charge in [-0.25, -0.2) is 0 Å². The Labute approximate surface area is 121 Å². The van der Waals surface area contributed by atoms with Crippen LogP contribution < -0.4 is 0 Å². The summed E-state index contributed by atoms with van der Waals surface area (Å²) >= 11 is 0. The zero-order chi connectivity index (χ0) is 14.7. The second-order valence-electron chi connectivity index (χ2n) is 4.96. The second kappa shape index (κ2) is 11.1. The minimum Gasteiger partial charge on any atom is -0.0683 e. The Balaban J connectivity index is 0.000000573. The van der Waals surface area contributed by atoms with E-state index in [2.05, 4.69) is 39.8 Å². The van der Waals surface area contributed by atoms with Gasteiger partial charge in [-0.05, 0) is 60.8 Å². The third-order valence-electron chi connectivity index (χ3n) is 3.49. The Morgan fingerprint density at radius 3 is 1.32 bits per heavy atom. The van der Waals surface area contributed by atoms with Crippen molar-refractivity contribution < 1.29 is 0 Å². The lowest BCUT2D eigenvalue weighted by molar-refractivity contribution is 0.672. The highest BCUT2D eigenvalue weighted by molar-refractivity contribution is 5.42. The topological polar surface area (TPSA) is 0 Å². The van der Waals surface area contributed by atoms with Crippen LogP contribution in [0.2, 0.25) is 0 Å². The van der Waals surface area contributed by atoms with Gasteiger partial charge < -0.3 is 0 Å². The first-order valence-corrected chi connectivity index (χ1v) is 8.40. The molecule has 0 fully saturated rings. The Bertz CT molecular complexity index is 303. The number of rotatable bonds is 2. The van der Waals surface area contributed by atoms with Crippen LogP contribution in [-0.4, -0.2) is 0 Å². The summed E-state index contributed by atoms with van der Waals surface area (Å²) in [7, 11) is 0. The number of hydrogen-bond donors (Lipinski definition) is 0. The molecule has 1 aromatic carbocycles. The van der Waals surface area contributed by atoms with Crippen LogP contribution >= 0.6 is 0 Å². The molecule has 0 nitrogen and oxygen atoms in total. The third kappa shape index (κ3) is 5.38. The highest BCUT2D eigenvalue weighted by atomic mass is 14.2. The first-order valence-electron chi connectivity index (χ1n) is 8.40. The van der Waals surface area contributed by atoms with E-state index in [1.807, 2.05) is 13.8 Å². The maximum absolute atomic E-state index is 2.35. The summed E-state index contributed by atoms with van der Waals surface area (Å²) in [5.41, 5.74) is 6.57. The summed E-state index contributed by atoms with van der Waals surface area (Å²) < 4.78 is 0. The molecule has 110 valence electrons. The molecule has 0 radical (unpaired) electrons. The molecule has 0 unspecified atom stereocenters. The molecule has 0 spiro atoms. The highest BCUT2D eigenvalue weighted by Gasteiger charge is 2.14. The summed E-state index contributed by atoms with van der Waals surface area (Å²) in [6.45, 7) is 12.8. The van der Waals surface area contributed by atoms with Crippen LogP contribution in [-0.2, 0) is 25.7 Å². The lowest BCUT2D eigenvalue weighted by atomic mass is 9.84. The molecule has 1 aromatic rings. The maximum atomic E-state index is 2.35. The predicted molar refractivity (Wildman–Crippen MR) is 89.2 cm³/mol. The van der Waals surface area contributed by atoms with Crippen molar-refractivity contribution in [3.8, 4) is 0 Å². The fraction of sp³-hybridized carbons (Fsp3) is 0.684. The Hall–Kier alpha value is -0.780. The average molecular weight is 262 g/mol. The van der Waals surface area contributed by atoms with E-state index in [4.69, 9.17) is 0 Å². The van der Waals surface area contributed by atoms with E-state index in [1.165, 1.54) is 44.9 Å². The van der Waals surface area contributed by atoms with Gasteiger partial charge in [-0.2, -0.15) is 0 Å². The van der Waals surface area contributed by atoms with Gasteiger partial charge in [0.2, 0.25) is 0 Å². The lowest BCUT2D eigenvalue weighted by Gasteiger charge is -2.22. The molecule has 1 aliphatic carbocycles. The molecule has 0 aromatic heterocycles. The van der Waals surface area contributed by atoms with Crippen molar-refractivity contribution in [2.24, 2.45) is 0 Å². The summed E-state index contributed by atoms with van der Waals surface area (Å²) in [5, 5.41) is 0. The van der Waals surface area contributed by atoms with Crippen LogP contribution in [0.15, 0.2) is 12.1 Å². The molecule has 0 saturated heterocycles. The predicted octanol–water partition coefficient (Wildman–Crippen LogP) is 6.13. The fourth-order valence-electron chi connectivity index (χ4n) is 2.68. The van der Waals surface area contributed by atoms with Crippen LogP contribution in [0.3, 0.4) is 0 Å². The van der Waals surface area contributed by atoms with Gasteiger partial charge in [-0.1, -0.05) is 60.1 Å². The van der Waals surface area contributed by atoms with Gasteiger partial charge in [0.1, 0.15) is 0 Å². The van der Waals surface area contributed by atoms with Crippen molar-refractivity contribution in [1.82, 2.24) is 0 Å². The molecule has 0 amide bonds. The van der Waals surface area contributed by atoms with Crippen LogP contribution in [0.25, 0.3) is 0 Å². The molecule has 0 bridgehead atoms. The molecule has 0 heterocycles. The first kappa shape index (κ1) is 18.2. The Kier molecular flexibility index (Phi) is 10.6. The van der Waals surface area contributed by atoms with Gasteiger partial charge in [0.05, 0.1) is 0 Å². The van der Waals surface area contributed by atoms with Crippen molar-refractivity contribution in [1.29, 1.82) is 0 Å². The summed E-state index contributed by atoms with van der Waals surface area (Å²) in [5.74, 6) is 0. The zero-order valence-electron chi connectivity index (χ0n) is 14.1. The SMILES string of the molecule is CC.CCC.CCc1ccc(CC)c2c1CCCC2. The molecule has 0 aliphatic heterocycles. The van der Waals surface area contributed by atoms with Crippen molar-refractivity contribution in [3.05, 3.63) is 34.4 Å². The third-order valence-corrected chi connectivity index (χ3v) is 3.49. The van der Waals surface area contributed by atoms with Crippen LogP contribution in [0.1, 0.15) is 83.1 Å². The van der Waals surface area contributed by atoms with Gasteiger partial charge in [0.25, 0.3) is 0 Å². The second-order valence-corrected chi connectivity index (χ2v) is 4.96. The molecular formula is C19H34. The van der Waals surface area contributed by atoms with E-state index >= 15 is 0 Å². The van der Waals surface area contributed by atoms with Crippen molar-refractivity contribution in [3.63, 3.8) is 0 Å². The summed E-state index contributed by atoms with van der Waals surface area (Å²) in [4.78, 5) is 0. The van der Waals surface area contributed by atoms with Crippen molar-refractivity contribution in [2.75, 3.05) is 0 Å². The summed E-state index contributed by atoms with van der Waals surface area (Å²) in [6, 6.07) is 4.70. The molecule has 0 heteroatoms.